The van der Waals surface area contributed by atoms with E-state index in [4.69, 9.17) is 0 Å². The number of aromatic nitrogens is 1. The van der Waals surface area contributed by atoms with Crippen LogP contribution >= 0.6 is 0 Å². The number of hydrogen-bond donors (Lipinski definition) is 1. The first-order valence-corrected chi connectivity index (χ1v) is 7.90. The average Bonchev–Trinajstić information content (AvgIpc) is 2.62. The summed E-state index contributed by atoms with van der Waals surface area (Å²) >= 11 is 0. The number of carbonyl (C=O) groups is 2. The van der Waals surface area contributed by atoms with Crippen molar-refractivity contribution in [1.82, 2.24) is 15.2 Å². The smallest absolute Gasteiger partial charge is 0.272 e. The Balaban J connectivity index is 1.54. The van der Waals surface area contributed by atoms with Crippen LogP contribution in [-0.2, 0) is 0 Å². The van der Waals surface area contributed by atoms with Gasteiger partial charge in [-0.1, -0.05) is 12.1 Å². The first kappa shape index (κ1) is 16.1. The van der Waals surface area contributed by atoms with Gasteiger partial charge in [-0.15, -0.1) is 0 Å². The molecular formula is C18H18FN3O2. The minimum Gasteiger partial charge on any atom is -0.349 e. The third-order valence-corrected chi connectivity index (χ3v) is 4.09. The van der Waals surface area contributed by atoms with E-state index in [1.165, 1.54) is 18.2 Å². The summed E-state index contributed by atoms with van der Waals surface area (Å²) < 4.78 is 13.2. The van der Waals surface area contributed by atoms with Gasteiger partial charge in [-0.25, -0.2) is 4.39 Å². The Kier molecular flexibility index (Phi) is 4.84. The molecule has 1 N–H and O–H groups in total. The van der Waals surface area contributed by atoms with Gasteiger partial charge in [-0.05, 0) is 43.2 Å². The molecule has 0 saturated carbocycles. The Hall–Kier alpha value is -2.76. The van der Waals surface area contributed by atoms with E-state index in [0.29, 0.717) is 37.2 Å². The van der Waals surface area contributed by atoms with Gasteiger partial charge in [0.25, 0.3) is 11.8 Å². The Bertz CT molecular complexity index is 728. The van der Waals surface area contributed by atoms with Crippen molar-refractivity contribution in [2.75, 3.05) is 13.1 Å². The van der Waals surface area contributed by atoms with Crippen LogP contribution in [0, 0.1) is 5.82 Å². The van der Waals surface area contributed by atoms with E-state index in [-0.39, 0.29) is 17.9 Å². The van der Waals surface area contributed by atoms with Crippen molar-refractivity contribution < 1.29 is 14.0 Å². The number of nitrogens with zero attached hydrogens (tertiary/aromatic N) is 2. The van der Waals surface area contributed by atoms with Gasteiger partial charge >= 0.3 is 0 Å². The number of piperidine rings is 1. The summed E-state index contributed by atoms with van der Waals surface area (Å²) in [4.78, 5) is 30.3. The molecule has 124 valence electrons. The third-order valence-electron chi connectivity index (χ3n) is 4.09. The highest BCUT2D eigenvalue weighted by Crippen LogP contribution is 2.14. The number of carbonyl (C=O) groups excluding carboxylic acids is 2. The molecule has 1 aromatic carbocycles. The summed E-state index contributed by atoms with van der Waals surface area (Å²) in [7, 11) is 0. The van der Waals surface area contributed by atoms with Crippen molar-refractivity contribution in [2.45, 2.75) is 18.9 Å². The maximum Gasteiger partial charge on any atom is 0.272 e. The number of amides is 2. The predicted octanol–water partition coefficient (Wildman–Crippen LogP) is 2.26. The maximum atomic E-state index is 13.2. The van der Waals surface area contributed by atoms with Crippen LogP contribution in [0.3, 0.4) is 0 Å². The van der Waals surface area contributed by atoms with Gasteiger partial charge in [0.2, 0.25) is 0 Å². The zero-order chi connectivity index (χ0) is 16.9. The standard InChI is InChI=1S/C18H18FN3O2/c19-14-5-3-4-13(12-14)17(23)21-15-7-10-22(11-8-15)18(24)16-6-1-2-9-20-16/h1-6,9,12,15H,7-8,10-11H2,(H,21,23). The lowest BCUT2D eigenvalue weighted by Crippen LogP contribution is -2.46. The van der Waals surface area contributed by atoms with Gasteiger partial charge < -0.3 is 10.2 Å². The number of hydrogen-bond acceptors (Lipinski definition) is 3. The highest BCUT2D eigenvalue weighted by Gasteiger charge is 2.25. The van der Waals surface area contributed by atoms with Gasteiger partial charge in [-0.3, -0.25) is 14.6 Å². The van der Waals surface area contributed by atoms with E-state index in [1.54, 1.807) is 35.4 Å². The summed E-state index contributed by atoms with van der Waals surface area (Å²) in [6, 6.07) is 10.8. The Morgan fingerprint density at radius 3 is 2.58 bits per heavy atom. The fourth-order valence-corrected chi connectivity index (χ4v) is 2.78. The average molecular weight is 327 g/mol. The van der Waals surface area contributed by atoms with Crippen LogP contribution in [0.25, 0.3) is 0 Å². The van der Waals surface area contributed by atoms with Crippen molar-refractivity contribution in [2.24, 2.45) is 0 Å². The Morgan fingerprint density at radius 2 is 1.92 bits per heavy atom. The molecule has 1 aliphatic heterocycles. The highest BCUT2D eigenvalue weighted by atomic mass is 19.1. The molecule has 2 amide bonds. The van der Waals surface area contributed by atoms with Crippen molar-refractivity contribution in [1.29, 1.82) is 0 Å². The summed E-state index contributed by atoms with van der Waals surface area (Å²) in [5.41, 5.74) is 0.738. The zero-order valence-corrected chi connectivity index (χ0v) is 13.1. The van der Waals surface area contributed by atoms with E-state index in [9.17, 15) is 14.0 Å². The van der Waals surface area contributed by atoms with Gasteiger partial charge in [0, 0.05) is 30.9 Å². The molecule has 5 nitrogen and oxygen atoms in total. The van der Waals surface area contributed by atoms with E-state index >= 15 is 0 Å². The molecule has 24 heavy (non-hydrogen) atoms. The third kappa shape index (κ3) is 3.76. The lowest BCUT2D eigenvalue weighted by Gasteiger charge is -2.32. The second-order valence-corrected chi connectivity index (χ2v) is 5.77. The van der Waals surface area contributed by atoms with Crippen molar-refractivity contribution in [3.63, 3.8) is 0 Å². The molecule has 1 aromatic heterocycles. The van der Waals surface area contributed by atoms with Gasteiger partial charge in [0.05, 0.1) is 0 Å². The SMILES string of the molecule is O=C(NC1CCN(C(=O)c2ccccn2)CC1)c1cccc(F)c1. The minimum absolute atomic E-state index is 0.0199. The first-order chi connectivity index (χ1) is 11.6. The molecular weight excluding hydrogens is 309 g/mol. The molecule has 1 aliphatic rings. The normalized spacial score (nSPS) is 15.1. The van der Waals surface area contributed by atoms with Crippen molar-refractivity contribution in [3.05, 3.63) is 65.7 Å². The zero-order valence-electron chi connectivity index (χ0n) is 13.1. The largest absolute Gasteiger partial charge is 0.349 e. The van der Waals surface area contributed by atoms with Crippen LogP contribution in [0.1, 0.15) is 33.7 Å². The number of nitrogens with one attached hydrogen (secondary N) is 1. The molecule has 0 atom stereocenters. The van der Waals surface area contributed by atoms with Crippen LogP contribution in [0.2, 0.25) is 0 Å². The van der Waals surface area contributed by atoms with Crippen molar-refractivity contribution in [3.8, 4) is 0 Å². The molecule has 0 unspecified atom stereocenters. The Labute approximate surface area is 139 Å². The van der Waals surface area contributed by atoms with E-state index in [2.05, 4.69) is 10.3 Å². The highest BCUT2D eigenvalue weighted by molar-refractivity contribution is 5.94. The van der Waals surface area contributed by atoms with Gasteiger partial charge in [0.15, 0.2) is 0 Å². The first-order valence-electron chi connectivity index (χ1n) is 7.90. The summed E-state index contributed by atoms with van der Waals surface area (Å²) in [6.07, 6.45) is 2.93. The predicted molar refractivity (Wildman–Crippen MR) is 87.0 cm³/mol. The second kappa shape index (κ2) is 7.21. The van der Waals surface area contributed by atoms with Crippen LogP contribution in [0.4, 0.5) is 4.39 Å². The molecule has 0 aliphatic carbocycles. The molecule has 0 bridgehead atoms. The second-order valence-electron chi connectivity index (χ2n) is 5.77. The van der Waals surface area contributed by atoms with E-state index in [0.717, 1.165) is 0 Å². The maximum absolute atomic E-state index is 13.2. The molecule has 0 radical (unpaired) electrons. The summed E-state index contributed by atoms with van der Waals surface area (Å²) in [5, 5.41) is 2.90. The fraction of sp³-hybridized carbons (Fsp3) is 0.278. The van der Waals surface area contributed by atoms with Crippen LogP contribution in [-0.4, -0.2) is 40.8 Å². The monoisotopic (exact) mass is 327 g/mol. The van der Waals surface area contributed by atoms with E-state index < -0.39 is 5.82 Å². The molecule has 6 heteroatoms. The molecule has 1 saturated heterocycles. The molecule has 2 aromatic rings. The minimum atomic E-state index is -0.432. The van der Waals surface area contributed by atoms with E-state index in [1.807, 2.05) is 0 Å². The van der Waals surface area contributed by atoms with Crippen LogP contribution in [0.5, 0.6) is 0 Å². The topological polar surface area (TPSA) is 62.3 Å². The molecule has 2 heterocycles. The number of benzene rings is 1. The van der Waals surface area contributed by atoms with Gasteiger partial charge in [0.1, 0.15) is 11.5 Å². The molecule has 3 rings (SSSR count). The van der Waals surface area contributed by atoms with Crippen molar-refractivity contribution >= 4 is 11.8 Å². The lowest BCUT2D eigenvalue weighted by atomic mass is 10.0. The molecule has 1 fully saturated rings. The number of halogens is 1. The number of pyridine rings is 1. The lowest BCUT2D eigenvalue weighted by molar-refractivity contribution is 0.0692. The number of likely N-dealkylation sites (tertiary alicyclic amines) is 1. The molecule has 0 spiro atoms. The Morgan fingerprint density at radius 1 is 1.12 bits per heavy atom. The fourth-order valence-electron chi connectivity index (χ4n) is 2.78. The van der Waals surface area contributed by atoms with Crippen LogP contribution < -0.4 is 5.32 Å². The van der Waals surface area contributed by atoms with Crippen LogP contribution in [0.15, 0.2) is 48.7 Å². The summed E-state index contributed by atoms with van der Waals surface area (Å²) in [6.45, 7) is 1.12. The quantitative estimate of drug-likeness (QED) is 0.940. The van der Waals surface area contributed by atoms with Gasteiger partial charge in [-0.2, -0.15) is 0 Å². The summed E-state index contributed by atoms with van der Waals surface area (Å²) in [5.74, 6) is -0.812. The number of rotatable bonds is 3.